The molecule has 1 aromatic carbocycles. The molecule has 0 radical (unpaired) electrons. The number of aromatic nitrogens is 4. The van der Waals surface area contributed by atoms with E-state index in [9.17, 15) is 4.79 Å². The molecule has 2 aromatic heterocycles. The molecular weight excluding hydrogens is 340 g/mol. The fraction of sp³-hybridized carbons (Fsp3) is 0.300. The van der Waals surface area contributed by atoms with Gasteiger partial charge in [0.2, 0.25) is 11.9 Å². The molecule has 7 heteroatoms. The SMILES string of the molecule is Cc1nc(N2CCCCC2)ncc1-c1cc(=O)[nH]c(Nc2ccccc2)n1. The molecule has 0 amide bonds. The first kappa shape index (κ1) is 17.2. The van der Waals surface area contributed by atoms with Gasteiger partial charge in [0.05, 0.1) is 11.4 Å². The van der Waals surface area contributed by atoms with Crippen LogP contribution in [0.25, 0.3) is 11.3 Å². The van der Waals surface area contributed by atoms with Gasteiger partial charge in [-0.05, 0) is 38.3 Å². The van der Waals surface area contributed by atoms with Crippen molar-refractivity contribution in [3.8, 4) is 11.3 Å². The van der Waals surface area contributed by atoms with Crippen LogP contribution in [0.2, 0.25) is 0 Å². The van der Waals surface area contributed by atoms with Crippen molar-refractivity contribution in [2.45, 2.75) is 26.2 Å². The molecule has 138 valence electrons. The Hall–Kier alpha value is -3.22. The molecule has 1 aliphatic rings. The highest BCUT2D eigenvalue weighted by atomic mass is 16.1. The van der Waals surface area contributed by atoms with Gasteiger partial charge in [-0.25, -0.2) is 15.0 Å². The van der Waals surface area contributed by atoms with Crippen molar-refractivity contribution in [3.63, 3.8) is 0 Å². The highest BCUT2D eigenvalue weighted by Gasteiger charge is 2.16. The molecule has 0 atom stereocenters. The molecule has 1 aliphatic heterocycles. The standard InChI is InChI=1S/C20H22N6O/c1-14-16(13-21-20(22-14)26-10-6-3-7-11-26)17-12-18(27)25-19(24-17)23-15-8-4-2-5-9-15/h2,4-5,8-9,12-13H,3,6-7,10-11H2,1H3,(H2,23,24,25,27). The van der Waals surface area contributed by atoms with E-state index in [2.05, 4.69) is 30.2 Å². The minimum atomic E-state index is -0.224. The topological polar surface area (TPSA) is 86.8 Å². The number of benzene rings is 1. The summed E-state index contributed by atoms with van der Waals surface area (Å²) >= 11 is 0. The Morgan fingerprint density at radius 2 is 1.85 bits per heavy atom. The van der Waals surface area contributed by atoms with E-state index in [1.165, 1.54) is 25.3 Å². The lowest BCUT2D eigenvalue weighted by Gasteiger charge is -2.26. The Morgan fingerprint density at radius 1 is 1.07 bits per heavy atom. The maximum atomic E-state index is 12.1. The van der Waals surface area contributed by atoms with Crippen molar-refractivity contribution in [1.29, 1.82) is 0 Å². The van der Waals surface area contributed by atoms with Crippen molar-refractivity contribution < 1.29 is 0 Å². The van der Waals surface area contributed by atoms with Crippen LogP contribution < -0.4 is 15.8 Å². The number of rotatable bonds is 4. The van der Waals surface area contributed by atoms with E-state index in [1.54, 1.807) is 6.20 Å². The van der Waals surface area contributed by atoms with Crippen LogP contribution in [0.5, 0.6) is 0 Å². The van der Waals surface area contributed by atoms with E-state index in [4.69, 9.17) is 0 Å². The van der Waals surface area contributed by atoms with E-state index in [-0.39, 0.29) is 5.56 Å². The van der Waals surface area contributed by atoms with Gasteiger partial charge < -0.3 is 10.2 Å². The van der Waals surface area contributed by atoms with E-state index in [1.807, 2.05) is 37.3 Å². The highest BCUT2D eigenvalue weighted by Crippen LogP contribution is 2.23. The summed E-state index contributed by atoms with van der Waals surface area (Å²) in [6, 6.07) is 11.1. The van der Waals surface area contributed by atoms with Gasteiger partial charge in [0, 0.05) is 36.6 Å². The summed E-state index contributed by atoms with van der Waals surface area (Å²) in [7, 11) is 0. The molecule has 1 fully saturated rings. The summed E-state index contributed by atoms with van der Waals surface area (Å²) in [5.41, 5.74) is 2.76. The van der Waals surface area contributed by atoms with Gasteiger partial charge in [0.25, 0.3) is 5.56 Å². The number of nitrogens with zero attached hydrogens (tertiary/aromatic N) is 4. The molecule has 0 spiro atoms. The second-order valence-corrected chi connectivity index (χ2v) is 6.69. The average Bonchev–Trinajstić information content (AvgIpc) is 2.69. The van der Waals surface area contributed by atoms with Crippen molar-refractivity contribution >= 4 is 17.6 Å². The summed E-state index contributed by atoms with van der Waals surface area (Å²) in [6.45, 7) is 3.91. The molecule has 4 rings (SSSR count). The van der Waals surface area contributed by atoms with Crippen molar-refractivity contribution in [2.75, 3.05) is 23.3 Å². The average molecular weight is 362 g/mol. The number of anilines is 3. The van der Waals surface area contributed by atoms with E-state index in [0.717, 1.165) is 36.0 Å². The monoisotopic (exact) mass is 362 g/mol. The summed E-state index contributed by atoms with van der Waals surface area (Å²) < 4.78 is 0. The van der Waals surface area contributed by atoms with Gasteiger partial charge in [0.15, 0.2) is 0 Å². The van der Waals surface area contributed by atoms with Crippen LogP contribution in [0.15, 0.2) is 47.4 Å². The van der Waals surface area contributed by atoms with Gasteiger partial charge in [-0.3, -0.25) is 9.78 Å². The van der Waals surface area contributed by atoms with Crippen molar-refractivity contribution in [3.05, 3.63) is 58.6 Å². The third-order valence-corrected chi connectivity index (χ3v) is 4.66. The molecule has 0 unspecified atom stereocenters. The fourth-order valence-corrected chi connectivity index (χ4v) is 3.27. The zero-order valence-electron chi connectivity index (χ0n) is 15.3. The number of nitrogens with one attached hydrogen (secondary N) is 2. The van der Waals surface area contributed by atoms with Crippen LogP contribution in [0, 0.1) is 6.92 Å². The summed E-state index contributed by atoms with van der Waals surface area (Å²) in [6.07, 6.45) is 5.38. The maximum absolute atomic E-state index is 12.1. The molecule has 3 heterocycles. The Bertz CT molecular complexity index is 979. The van der Waals surface area contributed by atoms with E-state index in [0.29, 0.717) is 11.6 Å². The Morgan fingerprint density at radius 3 is 2.59 bits per heavy atom. The van der Waals surface area contributed by atoms with Gasteiger partial charge in [0.1, 0.15) is 0 Å². The first-order chi connectivity index (χ1) is 13.2. The predicted octanol–water partition coefficient (Wildman–Crippen LogP) is 3.27. The molecule has 3 aromatic rings. The number of aromatic amines is 1. The zero-order chi connectivity index (χ0) is 18.6. The largest absolute Gasteiger partial charge is 0.341 e. The Balaban J connectivity index is 1.63. The molecule has 0 bridgehead atoms. The highest BCUT2D eigenvalue weighted by molar-refractivity contribution is 5.63. The first-order valence-electron chi connectivity index (χ1n) is 9.21. The van der Waals surface area contributed by atoms with Crippen molar-refractivity contribution in [1.82, 2.24) is 19.9 Å². The van der Waals surface area contributed by atoms with Crippen LogP contribution in [0.3, 0.4) is 0 Å². The maximum Gasteiger partial charge on any atom is 0.252 e. The number of aryl methyl sites for hydroxylation is 1. The molecule has 1 saturated heterocycles. The molecule has 0 aliphatic carbocycles. The lowest BCUT2D eigenvalue weighted by Crippen LogP contribution is -2.31. The summed E-state index contributed by atoms with van der Waals surface area (Å²) in [5.74, 6) is 1.15. The molecular formula is C20H22N6O. The van der Waals surface area contributed by atoms with Crippen LogP contribution in [0.1, 0.15) is 25.0 Å². The summed E-state index contributed by atoms with van der Waals surface area (Å²) in [4.78, 5) is 30.8. The molecule has 0 saturated carbocycles. The van der Waals surface area contributed by atoms with Gasteiger partial charge in [-0.1, -0.05) is 18.2 Å². The number of piperidine rings is 1. The zero-order valence-corrected chi connectivity index (χ0v) is 15.3. The molecule has 27 heavy (non-hydrogen) atoms. The van der Waals surface area contributed by atoms with Gasteiger partial charge in [-0.2, -0.15) is 0 Å². The van der Waals surface area contributed by atoms with Crippen LogP contribution in [0.4, 0.5) is 17.6 Å². The van der Waals surface area contributed by atoms with Crippen molar-refractivity contribution in [2.24, 2.45) is 0 Å². The second-order valence-electron chi connectivity index (χ2n) is 6.69. The third kappa shape index (κ3) is 3.97. The third-order valence-electron chi connectivity index (χ3n) is 4.66. The Kier molecular flexibility index (Phi) is 4.82. The van der Waals surface area contributed by atoms with E-state index < -0.39 is 0 Å². The van der Waals surface area contributed by atoms with Crippen LogP contribution in [-0.2, 0) is 0 Å². The van der Waals surface area contributed by atoms with Crippen LogP contribution in [-0.4, -0.2) is 33.0 Å². The van der Waals surface area contributed by atoms with Gasteiger partial charge >= 0.3 is 0 Å². The minimum absolute atomic E-state index is 0.224. The first-order valence-corrected chi connectivity index (χ1v) is 9.21. The smallest absolute Gasteiger partial charge is 0.252 e. The minimum Gasteiger partial charge on any atom is -0.341 e. The number of hydrogen-bond acceptors (Lipinski definition) is 6. The summed E-state index contributed by atoms with van der Waals surface area (Å²) in [5, 5.41) is 3.12. The van der Waals surface area contributed by atoms with Gasteiger partial charge in [-0.15, -0.1) is 0 Å². The molecule has 2 N–H and O–H groups in total. The lowest BCUT2D eigenvalue weighted by atomic mass is 10.1. The normalized spacial score (nSPS) is 14.2. The molecule has 7 nitrogen and oxygen atoms in total. The predicted molar refractivity (Wildman–Crippen MR) is 106 cm³/mol. The Labute approximate surface area is 157 Å². The number of H-pyrrole nitrogens is 1. The number of hydrogen-bond donors (Lipinski definition) is 2. The van der Waals surface area contributed by atoms with Crippen LogP contribution >= 0.6 is 0 Å². The lowest BCUT2D eigenvalue weighted by molar-refractivity contribution is 0.568. The van der Waals surface area contributed by atoms with E-state index >= 15 is 0 Å². The fourth-order valence-electron chi connectivity index (χ4n) is 3.27. The second kappa shape index (κ2) is 7.57. The number of para-hydroxylation sites is 1. The quantitative estimate of drug-likeness (QED) is 0.741.